The predicted molar refractivity (Wildman–Crippen MR) is 147 cm³/mol. The van der Waals surface area contributed by atoms with Crippen LogP contribution in [0.3, 0.4) is 0 Å². The lowest BCUT2D eigenvalue weighted by atomic mass is 9.99. The predicted octanol–water partition coefficient (Wildman–Crippen LogP) is 3.54. The van der Waals surface area contributed by atoms with Gasteiger partial charge in [-0.05, 0) is 23.8 Å². The largest absolute Gasteiger partial charge is 0.463 e. The fourth-order valence-electron chi connectivity index (χ4n) is 3.93. The quantitative estimate of drug-likeness (QED) is 0.224. The lowest BCUT2D eigenvalue weighted by Crippen LogP contribution is -2.61. The lowest BCUT2D eigenvalue weighted by molar-refractivity contribution is -0.226. The number of carbonyl (C=O) groups excluding carboxylic acids is 3. The van der Waals surface area contributed by atoms with Crippen LogP contribution in [0.1, 0.15) is 26.3 Å². The molecule has 218 valence electrons. The molecule has 1 fully saturated rings. The molecule has 0 unspecified atom stereocenters. The minimum absolute atomic E-state index is 0.368. The van der Waals surface area contributed by atoms with Crippen LogP contribution in [-0.4, -0.2) is 69.0 Å². The first-order chi connectivity index (χ1) is 18.8. The molecule has 1 heterocycles. The van der Waals surface area contributed by atoms with Gasteiger partial charge in [0, 0.05) is 42.9 Å². The molecule has 0 spiro atoms. The molecule has 40 heavy (non-hydrogen) atoms. The number of rotatable bonds is 11. The van der Waals surface area contributed by atoms with Crippen LogP contribution in [0.5, 0.6) is 0 Å². The zero-order valence-electron chi connectivity index (χ0n) is 22.2. The monoisotopic (exact) mass is 615 g/mol. The van der Waals surface area contributed by atoms with Crippen LogP contribution < -0.4 is 5.32 Å². The maximum atomic E-state index is 12.3. The minimum Gasteiger partial charge on any atom is -0.463 e. The summed E-state index contributed by atoms with van der Waals surface area (Å²) in [5.41, 5.74) is 0.488. The first-order valence-corrected chi connectivity index (χ1v) is 15.2. The summed E-state index contributed by atoms with van der Waals surface area (Å²) >= 11 is 7.33. The molecule has 0 radical (unpaired) electrons. The zero-order chi connectivity index (χ0) is 29.4. The van der Waals surface area contributed by atoms with E-state index in [1.165, 1.54) is 6.92 Å². The summed E-state index contributed by atoms with van der Waals surface area (Å²) in [6.45, 7) is 3.52. The van der Waals surface area contributed by atoms with Crippen molar-refractivity contribution in [2.45, 2.75) is 62.1 Å². The summed E-state index contributed by atoms with van der Waals surface area (Å²) < 4.78 is 52.0. The smallest absolute Gasteiger partial charge is 0.303 e. The van der Waals surface area contributed by atoms with E-state index in [0.29, 0.717) is 22.2 Å². The number of anilines is 1. The zero-order valence-corrected chi connectivity index (χ0v) is 24.6. The van der Waals surface area contributed by atoms with Crippen molar-refractivity contribution in [2.24, 2.45) is 0 Å². The van der Waals surface area contributed by atoms with Gasteiger partial charge >= 0.3 is 17.9 Å². The summed E-state index contributed by atoms with van der Waals surface area (Å²) in [6, 6.07) is 14.7. The van der Waals surface area contributed by atoms with Crippen LogP contribution in [0.4, 0.5) is 5.69 Å². The Kier molecular flexibility index (Phi) is 11.2. The van der Waals surface area contributed by atoms with Crippen LogP contribution in [0, 0.1) is 0 Å². The number of halogens is 1. The second kappa shape index (κ2) is 14.2. The lowest BCUT2D eigenvalue weighted by Gasteiger charge is -2.44. The van der Waals surface area contributed by atoms with Crippen LogP contribution >= 0.6 is 23.4 Å². The number of ether oxygens (including phenoxy) is 4. The van der Waals surface area contributed by atoms with Crippen molar-refractivity contribution in [3.05, 3.63) is 59.1 Å². The Hall–Kier alpha value is -2.84. The van der Waals surface area contributed by atoms with Gasteiger partial charge in [0.25, 0.3) is 10.1 Å². The second-order valence-electron chi connectivity index (χ2n) is 8.86. The highest BCUT2D eigenvalue weighted by atomic mass is 35.5. The maximum Gasteiger partial charge on any atom is 0.303 e. The van der Waals surface area contributed by atoms with Gasteiger partial charge < -0.3 is 24.3 Å². The standard InChI is InChI=1S/C26H30ClNO10S2/c1-15(29)34-14-21-23(35-16(2)30)24(36-17(3)31)25(38-40(4,32)33)26(37-21)39-22-11-10-19(27)12-20(22)28-13-18-8-6-5-7-9-18/h5-12,21,23-26,28H,13-14H2,1-4H3/t21-,23-,24+,25-,26+/m1/s1. The number of carbonyl (C=O) groups is 3. The third kappa shape index (κ3) is 9.66. The third-order valence-corrected chi connectivity index (χ3v) is 7.47. The Balaban J connectivity index is 2.01. The van der Waals surface area contributed by atoms with Gasteiger partial charge in [-0.3, -0.25) is 18.6 Å². The molecule has 0 amide bonds. The average Bonchev–Trinajstić information content (AvgIpc) is 2.85. The maximum absolute atomic E-state index is 12.3. The molecular weight excluding hydrogens is 586 g/mol. The Labute approximate surface area is 241 Å². The van der Waals surface area contributed by atoms with E-state index in [4.69, 9.17) is 34.7 Å². The molecule has 11 nitrogen and oxygen atoms in total. The van der Waals surface area contributed by atoms with E-state index in [9.17, 15) is 22.8 Å². The molecule has 0 aromatic heterocycles. The molecule has 2 aromatic rings. The highest BCUT2D eigenvalue weighted by molar-refractivity contribution is 8.00. The van der Waals surface area contributed by atoms with E-state index >= 15 is 0 Å². The first kappa shape index (κ1) is 31.7. The van der Waals surface area contributed by atoms with Gasteiger partial charge in [-0.1, -0.05) is 53.7 Å². The van der Waals surface area contributed by atoms with Crippen LogP contribution in [0.2, 0.25) is 5.02 Å². The van der Waals surface area contributed by atoms with Crippen molar-refractivity contribution in [3.8, 4) is 0 Å². The molecule has 5 atom stereocenters. The van der Waals surface area contributed by atoms with Gasteiger partial charge in [0.1, 0.15) is 18.1 Å². The number of benzene rings is 2. The molecule has 1 saturated heterocycles. The van der Waals surface area contributed by atoms with Gasteiger partial charge in [-0.25, -0.2) is 0 Å². The normalized spacial score (nSPS) is 22.7. The van der Waals surface area contributed by atoms with Gasteiger partial charge in [0.05, 0.1) is 6.26 Å². The van der Waals surface area contributed by atoms with Crippen molar-refractivity contribution < 1.29 is 45.9 Å². The second-order valence-corrected chi connectivity index (χ2v) is 12.0. The Morgan fingerprint density at radius 1 is 0.950 bits per heavy atom. The molecule has 1 aliphatic heterocycles. The molecule has 0 bridgehead atoms. The molecule has 3 rings (SSSR count). The molecule has 1 aliphatic rings. The highest BCUT2D eigenvalue weighted by Gasteiger charge is 2.52. The van der Waals surface area contributed by atoms with Crippen molar-refractivity contribution >= 4 is 57.1 Å². The van der Waals surface area contributed by atoms with Crippen molar-refractivity contribution in [1.82, 2.24) is 0 Å². The van der Waals surface area contributed by atoms with E-state index in [-0.39, 0.29) is 6.61 Å². The van der Waals surface area contributed by atoms with E-state index in [1.807, 2.05) is 30.3 Å². The van der Waals surface area contributed by atoms with Gasteiger partial charge in [-0.15, -0.1) is 0 Å². The Bertz CT molecular complexity index is 1310. The van der Waals surface area contributed by atoms with E-state index in [2.05, 4.69) is 5.32 Å². The van der Waals surface area contributed by atoms with Crippen LogP contribution in [0.15, 0.2) is 53.4 Å². The third-order valence-electron chi connectivity index (χ3n) is 5.44. The highest BCUT2D eigenvalue weighted by Crippen LogP contribution is 2.41. The number of hydrogen-bond donors (Lipinski definition) is 1. The van der Waals surface area contributed by atoms with E-state index in [1.54, 1.807) is 18.2 Å². The fourth-order valence-corrected chi connectivity index (χ4v) is 5.99. The molecular formula is C26H30ClNO10S2. The fraction of sp³-hybridized carbons (Fsp3) is 0.423. The summed E-state index contributed by atoms with van der Waals surface area (Å²) in [7, 11) is -4.12. The molecule has 2 aromatic carbocycles. The molecule has 0 aliphatic carbocycles. The molecule has 14 heteroatoms. The number of nitrogens with one attached hydrogen (secondary N) is 1. The summed E-state index contributed by atoms with van der Waals surface area (Å²) in [5, 5.41) is 3.76. The van der Waals surface area contributed by atoms with E-state index < -0.39 is 57.9 Å². The van der Waals surface area contributed by atoms with Crippen molar-refractivity contribution in [2.75, 3.05) is 18.2 Å². The van der Waals surface area contributed by atoms with Gasteiger partial charge in [0.15, 0.2) is 18.3 Å². The average molecular weight is 616 g/mol. The Morgan fingerprint density at radius 3 is 2.20 bits per heavy atom. The van der Waals surface area contributed by atoms with Gasteiger partial charge in [-0.2, -0.15) is 8.42 Å². The van der Waals surface area contributed by atoms with Crippen molar-refractivity contribution in [3.63, 3.8) is 0 Å². The Morgan fingerprint density at radius 2 is 1.60 bits per heavy atom. The SMILES string of the molecule is CC(=O)OC[C@H]1O[C@@H](Sc2ccc(Cl)cc2NCc2ccccc2)[C@H](OS(C)(=O)=O)[C@@H](OC(C)=O)[C@@H]1OC(C)=O. The summed E-state index contributed by atoms with van der Waals surface area (Å²) in [6.07, 6.45) is -4.50. The molecule has 0 saturated carbocycles. The first-order valence-electron chi connectivity index (χ1n) is 12.1. The number of thioether (sulfide) groups is 1. The summed E-state index contributed by atoms with van der Waals surface area (Å²) in [5.74, 6) is -2.16. The number of esters is 3. The van der Waals surface area contributed by atoms with E-state index in [0.717, 1.165) is 37.4 Å². The number of hydrogen-bond acceptors (Lipinski definition) is 12. The summed E-state index contributed by atoms with van der Waals surface area (Å²) in [4.78, 5) is 36.2. The van der Waals surface area contributed by atoms with Crippen LogP contribution in [-0.2, 0) is 54.2 Å². The van der Waals surface area contributed by atoms with Gasteiger partial charge in [0.2, 0.25) is 0 Å². The van der Waals surface area contributed by atoms with Crippen molar-refractivity contribution in [1.29, 1.82) is 0 Å². The van der Waals surface area contributed by atoms with Crippen LogP contribution in [0.25, 0.3) is 0 Å². The molecule has 1 N–H and O–H groups in total. The topological polar surface area (TPSA) is 144 Å². The minimum atomic E-state index is -4.12.